The summed E-state index contributed by atoms with van der Waals surface area (Å²) in [7, 11) is -3.58. The summed E-state index contributed by atoms with van der Waals surface area (Å²) in [5, 5.41) is 4.84. The van der Waals surface area contributed by atoms with Gasteiger partial charge in [-0.05, 0) is 24.3 Å². The first-order valence-electron chi connectivity index (χ1n) is 3.17. The molecule has 0 aromatic heterocycles. The quantitative estimate of drug-likeness (QED) is 0.534. The summed E-state index contributed by atoms with van der Waals surface area (Å²) in [6.45, 7) is 0. The van der Waals surface area contributed by atoms with Gasteiger partial charge in [-0.15, -0.1) is 0 Å². The normalized spacial score (nSPS) is 10.1. The molecular weight excluding hydrogens is 246 g/mol. The van der Waals surface area contributed by atoms with Crippen LogP contribution in [0, 0.1) is 0 Å². The van der Waals surface area contributed by atoms with Crippen molar-refractivity contribution in [3.8, 4) is 0 Å². The average molecular weight is 254 g/mol. The standard InChI is InChI=1S/C6H8N2O2S.O.Zn/c7-5-1-3-6(4-2-5)11(8,9)10;;/h1-4H,7H2,(H2,8,9,10);;. The summed E-state index contributed by atoms with van der Waals surface area (Å²) < 4.78 is 29.7. The van der Waals surface area contributed by atoms with Crippen molar-refractivity contribution in [3.63, 3.8) is 0 Å². The molecule has 0 aliphatic heterocycles. The van der Waals surface area contributed by atoms with E-state index in [-0.39, 0.29) is 23.1 Å². The van der Waals surface area contributed by atoms with Crippen molar-refractivity contribution >= 4 is 15.7 Å². The molecular formula is C6H8N2O3SZn. The summed E-state index contributed by atoms with van der Waals surface area (Å²) in [6, 6.07) is 5.70. The van der Waals surface area contributed by atoms with E-state index in [1.165, 1.54) is 24.3 Å². The molecule has 7 heteroatoms. The number of hydrogen-bond acceptors (Lipinski definition) is 4. The molecule has 1 aromatic carbocycles. The van der Waals surface area contributed by atoms with Crippen molar-refractivity contribution in [1.82, 2.24) is 0 Å². The minimum atomic E-state index is -3.58. The van der Waals surface area contributed by atoms with Crippen LogP contribution in [0.25, 0.3) is 0 Å². The van der Waals surface area contributed by atoms with Crippen LogP contribution in [0.5, 0.6) is 0 Å². The van der Waals surface area contributed by atoms with Crippen LogP contribution in [-0.2, 0) is 31.8 Å². The molecule has 0 heterocycles. The molecule has 0 atom stereocenters. The predicted octanol–water partition coefficient (Wildman–Crippen LogP) is -0.205. The number of anilines is 1. The number of benzene rings is 1. The molecule has 68 valence electrons. The molecule has 0 fully saturated rings. The molecule has 1 aromatic rings. The Kier molecular flexibility index (Phi) is 4.91. The Morgan fingerprint density at radius 1 is 1.08 bits per heavy atom. The number of rotatable bonds is 1. The van der Waals surface area contributed by atoms with Gasteiger partial charge in [0, 0.05) is 5.69 Å². The molecule has 0 unspecified atom stereocenters. The van der Waals surface area contributed by atoms with Crippen molar-refractivity contribution in [2.24, 2.45) is 5.14 Å². The molecule has 13 heavy (non-hydrogen) atoms. The van der Waals surface area contributed by atoms with Crippen LogP contribution in [0.1, 0.15) is 0 Å². The van der Waals surface area contributed by atoms with E-state index in [4.69, 9.17) is 14.4 Å². The van der Waals surface area contributed by atoms with E-state index in [1.807, 2.05) is 0 Å². The van der Waals surface area contributed by atoms with E-state index in [2.05, 4.69) is 0 Å². The Hall–Kier alpha value is -0.647. The van der Waals surface area contributed by atoms with Crippen molar-refractivity contribution in [2.75, 3.05) is 5.73 Å². The maximum atomic E-state index is 10.7. The second-order valence-electron chi connectivity index (χ2n) is 2.11. The second kappa shape index (κ2) is 5.16. The van der Waals surface area contributed by atoms with E-state index in [1.54, 1.807) is 0 Å². The molecule has 0 aliphatic carbocycles. The first-order valence-corrected chi connectivity index (χ1v) is 5.93. The molecule has 4 N–H and O–H groups in total. The van der Waals surface area contributed by atoms with Crippen LogP contribution in [0.15, 0.2) is 29.2 Å². The summed E-state index contributed by atoms with van der Waals surface area (Å²) in [4.78, 5) is 0.0756. The summed E-state index contributed by atoms with van der Waals surface area (Å²) in [6.07, 6.45) is 0. The summed E-state index contributed by atoms with van der Waals surface area (Å²) in [5.41, 5.74) is 5.85. The van der Waals surface area contributed by atoms with Crippen LogP contribution in [-0.4, -0.2) is 8.42 Å². The van der Waals surface area contributed by atoms with E-state index in [9.17, 15) is 8.42 Å². The zero-order chi connectivity index (χ0) is 10.5. The Bertz CT molecular complexity index is 362. The summed E-state index contributed by atoms with van der Waals surface area (Å²) >= 11 is 0.125. The Morgan fingerprint density at radius 2 is 1.46 bits per heavy atom. The zero-order valence-electron chi connectivity index (χ0n) is 6.80. The topological polar surface area (TPSA) is 103 Å². The van der Waals surface area contributed by atoms with Gasteiger partial charge in [-0.3, -0.25) is 0 Å². The van der Waals surface area contributed by atoms with Gasteiger partial charge in [-0.1, -0.05) is 0 Å². The fourth-order valence-corrected chi connectivity index (χ4v) is 1.17. The molecule has 1 rings (SSSR count). The van der Waals surface area contributed by atoms with Crippen LogP contribution in [0.4, 0.5) is 5.69 Å². The van der Waals surface area contributed by atoms with Gasteiger partial charge in [-0.2, -0.15) is 0 Å². The van der Waals surface area contributed by atoms with Crippen LogP contribution in [0.3, 0.4) is 0 Å². The van der Waals surface area contributed by atoms with Crippen LogP contribution < -0.4 is 10.9 Å². The number of nitrogen functional groups attached to an aromatic ring is 1. The molecule has 0 aliphatic rings. The number of hydrogen-bond donors (Lipinski definition) is 2. The van der Waals surface area contributed by atoms with E-state index >= 15 is 0 Å². The molecule has 5 nitrogen and oxygen atoms in total. The molecule has 0 bridgehead atoms. The third-order valence-corrected chi connectivity index (χ3v) is 2.14. The number of nitrogens with two attached hydrogens (primary N) is 2. The van der Waals surface area contributed by atoms with Crippen molar-refractivity contribution in [2.45, 2.75) is 4.90 Å². The Morgan fingerprint density at radius 3 is 1.77 bits per heavy atom. The third-order valence-electron chi connectivity index (χ3n) is 1.21. The van der Waals surface area contributed by atoms with Gasteiger partial charge in [-0.25, -0.2) is 13.6 Å². The first-order chi connectivity index (χ1) is 6.00. The monoisotopic (exact) mass is 252 g/mol. The fraction of sp³-hybridized carbons (Fsp3) is 0. The SMILES string of the molecule is Nc1ccc(S(N)(=O)=O)cc1.[O]=[Zn]. The Balaban J connectivity index is 0.000000671. The van der Waals surface area contributed by atoms with E-state index in [0.29, 0.717) is 5.69 Å². The number of primary sulfonamides is 1. The minimum absolute atomic E-state index is 0.0756. The second-order valence-corrected chi connectivity index (χ2v) is 3.68. The Labute approximate surface area is 86.1 Å². The molecule has 0 saturated heterocycles. The van der Waals surface area contributed by atoms with E-state index in [0.717, 1.165) is 0 Å². The van der Waals surface area contributed by atoms with Crippen molar-refractivity contribution in [1.29, 1.82) is 0 Å². The van der Waals surface area contributed by atoms with Gasteiger partial charge in [0.15, 0.2) is 0 Å². The molecule has 0 spiro atoms. The van der Waals surface area contributed by atoms with Crippen molar-refractivity contribution < 1.29 is 30.2 Å². The van der Waals surface area contributed by atoms with Crippen LogP contribution in [0.2, 0.25) is 0 Å². The average Bonchev–Trinajstić information content (AvgIpc) is 2.07. The van der Waals surface area contributed by atoms with Gasteiger partial charge < -0.3 is 5.73 Å². The molecule has 0 saturated carbocycles. The number of sulfonamides is 1. The van der Waals surface area contributed by atoms with Gasteiger partial charge in [0.05, 0.1) is 4.90 Å². The zero-order valence-corrected chi connectivity index (χ0v) is 10.6. The van der Waals surface area contributed by atoms with Crippen LogP contribution >= 0.6 is 0 Å². The van der Waals surface area contributed by atoms with Gasteiger partial charge in [0.25, 0.3) is 0 Å². The predicted molar refractivity (Wildman–Crippen MR) is 42.9 cm³/mol. The molecule has 0 radical (unpaired) electrons. The van der Waals surface area contributed by atoms with Gasteiger partial charge >= 0.3 is 21.8 Å². The van der Waals surface area contributed by atoms with E-state index < -0.39 is 10.0 Å². The summed E-state index contributed by atoms with van der Waals surface area (Å²) in [5.74, 6) is 0. The maximum absolute atomic E-state index is 10.7. The van der Waals surface area contributed by atoms with Gasteiger partial charge in [0.1, 0.15) is 0 Å². The van der Waals surface area contributed by atoms with Gasteiger partial charge in [0.2, 0.25) is 10.0 Å². The van der Waals surface area contributed by atoms with Crippen molar-refractivity contribution in [3.05, 3.63) is 24.3 Å². The molecule has 0 amide bonds. The third kappa shape index (κ3) is 4.21. The fourth-order valence-electron chi connectivity index (χ4n) is 0.658. The first kappa shape index (κ1) is 12.4.